The Hall–Kier alpha value is -9.12. The van der Waals surface area contributed by atoms with E-state index in [9.17, 15) is 28.8 Å². The molecule has 434 valence electrons. The molecule has 0 aliphatic heterocycles. The fraction of sp³-hybridized carbons (Fsp3) is 0.229. The molecule has 0 spiro atoms. The van der Waals surface area contributed by atoms with Gasteiger partial charge in [0.2, 0.25) is 11.8 Å². The summed E-state index contributed by atoms with van der Waals surface area (Å²) in [5.41, 5.74) is 17.1. The van der Waals surface area contributed by atoms with Crippen LogP contribution in [0.3, 0.4) is 0 Å². The lowest BCUT2D eigenvalue weighted by molar-refractivity contribution is -0.123. The number of carbonyl (C=O) groups is 6. The summed E-state index contributed by atoms with van der Waals surface area (Å²) in [7, 11) is 0. The van der Waals surface area contributed by atoms with Crippen LogP contribution in [0.2, 0.25) is 0 Å². The normalized spacial score (nSPS) is 13.9. The fourth-order valence-corrected chi connectivity index (χ4v) is 13.8. The number of carbonyl (C=O) groups excluding carboxylic acids is 6. The van der Waals surface area contributed by atoms with Crippen LogP contribution in [-0.2, 0) is 28.5 Å². The summed E-state index contributed by atoms with van der Waals surface area (Å²) in [5.74, 6) is -2.12. The van der Waals surface area contributed by atoms with Gasteiger partial charge in [-0.3, -0.25) is 9.59 Å². The monoisotopic (exact) mass is 1180 g/mol. The van der Waals surface area contributed by atoms with Crippen LogP contribution in [-0.4, -0.2) is 97.7 Å². The number of thioether (sulfide) groups is 2. The van der Waals surface area contributed by atoms with Gasteiger partial charge in [0.05, 0.1) is 0 Å². The van der Waals surface area contributed by atoms with Crippen molar-refractivity contribution in [1.82, 2.24) is 21.3 Å². The maximum Gasteiger partial charge on any atom is 0.407 e. The van der Waals surface area contributed by atoms with Gasteiger partial charge in [-0.15, -0.1) is 0 Å². The predicted octanol–water partition coefficient (Wildman–Crippen LogP) is 13.2. The zero-order valence-corrected chi connectivity index (χ0v) is 48.5. The van der Waals surface area contributed by atoms with Crippen molar-refractivity contribution in [2.45, 2.75) is 48.6 Å². The van der Waals surface area contributed by atoms with Crippen molar-refractivity contribution >= 4 is 58.1 Å². The minimum absolute atomic E-state index is 0.0234. The van der Waals surface area contributed by atoms with E-state index in [4.69, 9.17) is 18.9 Å². The van der Waals surface area contributed by atoms with Crippen LogP contribution in [0.25, 0.3) is 44.5 Å². The first-order valence-electron chi connectivity index (χ1n) is 28.9. The molecule has 8 aromatic rings. The van der Waals surface area contributed by atoms with Gasteiger partial charge in [-0.25, -0.2) is 19.2 Å². The first kappa shape index (κ1) is 57.3. The topological polar surface area (TPSA) is 187 Å². The van der Waals surface area contributed by atoms with Crippen molar-refractivity contribution in [2.24, 2.45) is 0 Å². The molecule has 0 unspecified atom stereocenters. The smallest absolute Gasteiger partial charge is 0.407 e. The second-order valence-corrected chi connectivity index (χ2v) is 23.4. The van der Waals surface area contributed by atoms with Gasteiger partial charge in [-0.05, 0) is 125 Å². The molecule has 12 rings (SSSR count). The minimum Gasteiger partial charge on any atom is -0.457 e. The fourth-order valence-electron chi connectivity index (χ4n) is 12.4. The molecule has 0 saturated carbocycles. The molecule has 4 aliphatic rings. The van der Waals surface area contributed by atoms with E-state index in [2.05, 4.69) is 45.5 Å². The standard InChI is InChI=1S/C70H62N4O10S2/c75-65(63(73-67(77)81-37-59-51-27-9-1-19-43(51)44-20-2-10-28-52(44)59)41-85-69(79)83-39-61-55-31-13-5-23-47(55)48-24-6-14-32-56(48)61)71-35-17-18-36-72-66(76)64(74-68(78)82-38-60-53-29-11-3-21-45(53)46-22-4-12-30-54(46)60)42-86-70(80)84-40-62-57-33-15-7-25-49(57)50-26-8-16-34-58(50)62/h1-16,19-34,59-64H,17-18,35-42H2,(H,71,75)(H,72,76)(H,73,77)(H,74,78)/t63-,64-/m0/s1. The summed E-state index contributed by atoms with van der Waals surface area (Å²) >= 11 is 1.57. The van der Waals surface area contributed by atoms with Gasteiger partial charge in [0.1, 0.15) is 38.5 Å². The minimum atomic E-state index is -1.19. The lowest BCUT2D eigenvalue weighted by atomic mass is 9.98. The van der Waals surface area contributed by atoms with Crippen LogP contribution in [0, 0.1) is 0 Å². The van der Waals surface area contributed by atoms with E-state index in [1.807, 2.05) is 170 Å². The number of fused-ring (bicyclic) bond motifs is 12. The molecule has 14 nitrogen and oxygen atoms in total. The third-order valence-corrected chi connectivity index (χ3v) is 18.2. The number of hydrogen-bond donors (Lipinski definition) is 4. The van der Waals surface area contributed by atoms with Gasteiger partial charge in [0.25, 0.3) is 0 Å². The third kappa shape index (κ3) is 12.4. The molecule has 0 fully saturated rings. The molecule has 0 saturated heterocycles. The van der Waals surface area contributed by atoms with Gasteiger partial charge < -0.3 is 40.2 Å². The van der Waals surface area contributed by atoms with E-state index >= 15 is 0 Å². The number of alkyl carbamates (subject to hydrolysis) is 2. The zero-order valence-electron chi connectivity index (χ0n) is 46.9. The summed E-state index contributed by atoms with van der Waals surface area (Å²) in [4.78, 5) is 82.0. The summed E-state index contributed by atoms with van der Waals surface area (Å²) in [6.07, 6.45) is -0.827. The summed E-state index contributed by atoms with van der Waals surface area (Å²) in [6, 6.07) is 61.8. The highest BCUT2D eigenvalue weighted by molar-refractivity contribution is 8.13. The first-order valence-corrected chi connectivity index (χ1v) is 30.9. The van der Waals surface area contributed by atoms with Crippen molar-refractivity contribution < 1.29 is 47.7 Å². The van der Waals surface area contributed by atoms with Crippen LogP contribution >= 0.6 is 23.5 Å². The van der Waals surface area contributed by atoms with E-state index < -0.39 is 46.7 Å². The Morgan fingerprint density at radius 3 is 0.791 bits per heavy atom. The van der Waals surface area contributed by atoms with Gasteiger partial charge >= 0.3 is 22.8 Å². The van der Waals surface area contributed by atoms with Crippen molar-refractivity contribution in [3.05, 3.63) is 239 Å². The van der Waals surface area contributed by atoms with Gasteiger partial charge in [-0.1, -0.05) is 194 Å². The highest BCUT2D eigenvalue weighted by Gasteiger charge is 2.35. The highest BCUT2D eigenvalue weighted by atomic mass is 32.2. The van der Waals surface area contributed by atoms with Crippen LogP contribution in [0.5, 0.6) is 0 Å². The van der Waals surface area contributed by atoms with Gasteiger partial charge in [-0.2, -0.15) is 0 Å². The Labute approximate surface area is 507 Å². The Morgan fingerprint density at radius 1 is 0.326 bits per heavy atom. The molecule has 4 aliphatic carbocycles. The number of amides is 4. The summed E-state index contributed by atoms with van der Waals surface area (Å²) in [6.45, 7) is 0.553. The molecule has 0 bridgehead atoms. The average Bonchev–Trinajstić information content (AvgIpc) is 2.43. The Morgan fingerprint density at radius 2 is 0.547 bits per heavy atom. The van der Waals surface area contributed by atoms with E-state index in [0.29, 0.717) is 12.8 Å². The van der Waals surface area contributed by atoms with E-state index in [0.717, 1.165) is 113 Å². The third-order valence-electron chi connectivity index (χ3n) is 16.5. The predicted molar refractivity (Wildman–Crippen MR) is 334 cm³/mol. The zero-order chi connectivity index (χ0) is 58.9. The quantitative estimate of drug-likeness (QED) is 0.0303. The van der Waals surface area contributed by atoms with Crippen LogP contribution in [0.4, 0.5) is 19.2 Å². The first-order chi connectivity index (χ1) is 42.2. The number of ether oxygens (including phenoxy) is 4. The molecule has 8 aromatic carbocycles. The lowest BCUT2D eigenvalue weighted by Crippen LogP contribution is -2.49. The maximum atomic E-state index is 14.0. The van der Waals surface area contributed by atoms with Gasteiger partial charge in [0, 0.05) is 48.3 Å². The molecule has 0 aromatic heterocycles. The molecule has 4 N–H and O–H groups in total. The number of unbranched alkanes of at least 4 members (excludes halogenated alkanes) is 1. The van der Waals surface area contributed by atoms with E-state index in [-0.39, 0.29) is 74.7 Å². The molecule has 0 heterocycles. The molecular weight excluding hydrogens is 1120 g/mol. The van der Waals surface area contributed by atoms with Crippen molar-refractivity contribution in [2.75, 3.05) is 51.0 Å². The maximum absolute atomic E-state index is 14.0. The van der Waals surface area contributed by atoms with E-state index in [1.54, 1.807) is 0 Å². The second-order valence-electron chi connectivity index (χ2n) is 21.5. The second kappa shape index (κ2) is 26.4. The van der Waals surface area contributed by atoms with Crippen molar-refractivity contribution in [3.63, 3.8) is 0 Å². The molecule has 4 amide bonds. The number of hydrogen-bond acceptors (Lipinski definition) is 12. The van der Waals surface area contributed by atoms with E-state index in [1.165, 1.54) is 0 Å². The highest BCUT2D eigenvalue weighted by Crippen LogP contribution is 2.48. The van der Waals surface area contributed by atoms with Crippen LogP contribution < -0.4 is 21.3 Å². The van der Waals surface area contributed by atoms with Crippen LogP contribution in [0.15, 0.2) is 194 Å². The Kier molecular flexibility index (Phi) is 17.6. The van der Waals surface area contributed by atoms with Crippen molar-refractivity contribution in [3.8, 4) is 44.5 Å². The van der Waals surface area contributed by atoms with Crippen molar-refractivity contribution in [1.29, 1.82) is 0 Å². The Balaban J connectivity index is 0.655. The van der Waals surface area contributed by atoms with Gasteiger partial charge in [0.15, 0.2) is 0 Å². The molecule has 0 radical (unpaired) electrons. The molecular formula is C70H62N4O10S2. The number of rotatable bonds is 21. The average molecular weight is 1180 g/mol. The molecule has 16 heteroatoms. The number of nitrogens with one attached hydrogen (secondary N) is 4. The number of benzene rings is 8. The molecule has 86 heavy (non-hydrogen) atoms. The Bertz CT molecular complexity index is 3440. The van der Waals surface area contributed by atoms with Crippen LogP contribution in [0.1, 0.15) is 81.0 Å². The lowest BCUT2D eigenvalue weighted by Gasteiger charge is -2.20. The molecule has 2 atom stereocenters. The summed E-state index contributed by atoms with van der Waals surface area (Å²) < 4.78 is 23.3. The largest absolute Gasteiger partial charge is 0.457 e. The SMILES string of the molecule is O=C(N[C@@H](CSC(=O)OCC1c2ccccc2-c2ccccc21)C(=O)NCCCCNC(=O)[C@H](CSC(=O)OCC1c2ccccc2-c2ccccc21)NC(=O)OCC1c2ccccc2-c2ccccc21)OCC1c2ccccc2-c2ccccc21. The summed E-state index contributed by atoms with van der Waals surface area (Å²) in [5, 5.41) is 9.98.